The number of thiophene rings is 1. The minimum atomic E-state index is -0.127. The highest BCUT2D eigenvalue weighted by molar-refractivity contribution is 7.99. The fourth-order valence-electron chi connectivity index (χ4n) is 1.03. The molecule has 86 valence electrons. The van der Waals surface area contributed by atoms with Crippen LogP contribution in [0.15, 0.2) is 12.1 Å². The van der Waals surface area contributed by atoms with Crippen LogP contribution in [0, 0.1) is 11.8 Å². The molecule has 1 heterocycles. The molecule has 0 atom stereocenters. The first-order chi connectivity index (χ1) is 7.76. The van der Waals surface area contributed by atoms with Gasteiger partial charge in [0, 0.05) is 4.88 Å². The van der Waals surface area contributed by atoms with Crippen LogP contribution in [0.25, 0.3) is 0 Å². The summed E-state index contributed by atoms with van der Waals surface area (Å²) in [4.78, 5) is 13.2. The molecule has 0 aliphatic carbocycles. The Morgan fingerprint density at radius 2 is 2.44 bits per heavy atom. The van der Waals surface area contributed by atoms with E-state index in [1.54, 1.807) is 0 Å². The van der Waals surface area contributed by atoms with E-state index < -0.39 is 0 Å². The lowest BCUT2D eigenvalue weighted by molar-refractivity contribution is -0.118. The van der Waals surface area contributed by atoms with Crippen molar-refractivity contribution in [2.45, 2.75) is 6.54 Å². The number of hydrogen-bond acceptors (Lipinski definition) is 4. The van der Waals surface area contributed by atoms with Gasteiger partial charge in [-0.15, -0.1) is 11.3 Å². The highest BCUT2D eigenvalue weighted by Gasteiger charge is 2.01. The van der Waals surface area contributed by atoms with Crippen LogP contribution in [0.3, 0.4) is 0 Å². The zero-order chi connectivity index (χ0) is 11.8. The van der Waals surface area contributed by atoms with Gasteiger partial charge in [-0.25, -0.2) is 0 Å². The summed E-state index contributed by atoms with van der Waals surface area (Å²) < 4.78 is 0. The molecule has 1 amide bonds. The lowest BCUT2D eigenvalue weighted by atomic mass is 10.4. The van der Waals surface area contributed by atoms with Crippen molar-refractivity contribution >= 4 is 29.0 Å². The summed E-state index contributed by atoms with van der Waals surface area (Å²) in [5.41, 5.74) is 0. The molecule has 5 heteroatoms. The topological polar surface area (TPSA) is 49.3 Å². The van der Waals surface area contributed by atoms with Crippen LogP contribution < -0.4 is 5.32 Å². The van der Waals surface area contributed by atoms with Crippen molar-refractivity contribution in [3.63, 3.8) is 0 Å². The second-order valence-electron chi connectivity index (χ2n) is 2.94. The van der Waals surface area contributed by atoms with Crippen molar-refractivity contribution in [2.24, 2.45) is 0 Å². The average molecular weight is 255 g/mol. The number of nitrogens with one attached hydrogen (secondary N) is 1. The number of hydrogen-bond donors (Lipinski definition) is 2. The highest BCUT2D eigenvalue weighted by Crippen LogP contribution is 2.14. The third-order valence-electron chi connectivity index (χ3n) is 1.69. The highest BCUT2D eigenvalue weighted by atomic mass is 32.2. The van der Waals surface area contributed by atoms with E-state index in [0.717, 1.165) is 9.75 Å². The maximum Gasteiger partial charge on any atom is 0.230 e. The van der Waals surface area contributed by atoms with E-state index in [1.807, 2.05) is 18.4 Å². The molecule has 0 aliphatic rings. The van der Waals surface area contributed by atoms with Gasteiger partial charge in [-0.2, -0.15) is 11.8 Å². The van der Waals surface area contributed by atoms with Gasteiger partial charge in [-0.1, -0.05) is 11.8 Å². The van der Waals surface area contributed by atoms with Gasteiger partial charge in [-0.3, -0.25) is 4.79 Å². The molecule has 0 bridgehead atoms. The van der Waals surface area contributed by atoms with Crippen molar-refractivity contribution in [3.8, 4) is 11.8 Å². The zero-order valence-electron chi connectivity index (χ0n) is 8.95. The van der Waals surface area contributed by atoms with E-state index in [4.69, 9.17) is 5.11 Å². The van der Waals surface area contributed by atoms with Gasteiger partial charge in [0.15, 0.2) is 0 Å². The Morgan fingerprint density at radius 3 is 3.12 bits per heavy atom. The first-order valence-electron chi connectivity index (χ1n) is 4.70. The monoisotopic (exact) mass is 255 g/mol. The summed E-state index contributed by atoms with van der Waals surface area (Å²) in [7, 11) is 0. The Morgan fingerprint density at radius 1 is 1.62 bits per heavy atom. The second-order valence-corrected chi connectivity index (χ2v) is 4.97. The Kier molecular flexibility index (Phi) is 6.01. The molecule has 2 N–H and O–H groups in total. The SMILES string of the molecule is CSCC(=O)NCc1ccc(C#CCO)s1. The number of thioether (sulfide) groups is 1. The molecule has 0 saturated heterocycles. The summed E-state index contributed by atoms with van der Waals surface area (Å²) in [5.74, 6) is 5.95. The third-order valence-corrected chi connectivity index (χ3v) is 3.24. The Balaban J connectivity index is 2.43. The lowest BCUT2D eigenvalue weighted by Crippen LogP contribution is -2.23. The number of rotatable bonds is 4. The fraction of sp³-hybridized carbons (Fsp3) is 0.364. The first-order valence-corrected chi connectivity index (χ1v) is 6.91. The van der Waals surface area contributed by atoms with Gasteiger partial charge in [0.1, 0.15) is 6.61 Å². The van der Waals surface area contributed by atoms with Crippen LogP contribution in [-0.2, 0) is 11.3 Å². The molecule has 0 saturated carbocycles. The van der Waals surface area contributed by atoms with Crippen molar-refractivity contribution in [2.75, 3.05) is 18.6 Å². The van der Waals surface area contributed by atoms with E-state index >= 15 is 0 Å². The predicted molar refractivity (Wildman–Crippen MR) is 68.5 cm³/mol. The summed E-state index contributed by atoms with van der Waals surface area (Å²) in [5, 5.41) is 11.4. The number of carbonyl (C=O) groups excluding carboxylic acids is 1. The Hall–Kier alpha value is -0.960. The van der Waals surface area contributed by atoms with Gasteiger partial charge in [0.2, 0.25) is 5.91 Å². The molecular formula is C11H13NO2S2. The number of aliphatic hydroxyl groups excluding tert-OH is 1. The third kappa shape index (κ3) is 4.71. The largest absolute Gasteiger partial charge is 0.384 e. The minimum Gasteiger partial charge on any atom is -0.384 e. The minimum absolute atomic E-state index is 0.0453. The molecule has 1 aromatic rings. The fourth-order valence-corrected chi connectivity index (χ4v) is 2.22. The molecule has 0 fully saturated rings. The van der Waals surface area contributed by atoms with Crippen LogP contribution >= 0.6 is 23.1 Å². The van der Waals surface area contributed by atoms with Gasteiger partial charge in [0.05, 0.1) is 17.2 Å². The van der Waals surface area contributed by atoms with E-state index in [-0.39, 0.29) is 12.5 Å². The molecule has 0 unspecified atom stereocenters. The van der Waals surface area contributed by atoms with Gasteiger partial charge in [-0.05, 0) is 18.4 Å². The van der Waals surface area contributed by atoms with E-state index in [1.165, 1.54) is 23.1 Å². The molecular weight excluding hydrogens is 242 g/mol. The predicted octanol–water partition coefficient (Wildman–Crippen LogP) is 1.07. The number of amides is 1. The summed E-state index contributed by atoms with van der Waals surface area (Å²) in [6.45, 7) is 0.419. The smallest absolute Gasteiger partial charge is 0.230 e. The van der Waals surface area contributed by atoms with Crippen molar-refractivity contribution in [1.82, 2.24) is 5.32 Å². The van der Waals surface area contributed by atoms with Crippen LogP contribution in [0.2, 0.25) is 0 Å². The van der Waals surface area contributed by atoms with Crippen molar-refractivity contribution in [3.05, 3.63) is 21.9 Å². The molecule has 16 heavy (non-hydrogen) atoms. The first kappa shape index (κ1) is 13.1. The van der Waals surface area contributed by atoms with Gasteiger partial charge in [0.25, 0.3) is 0 Å². The van der Waals surface area contributed by atoms with Crippen LogP contribution in [0.5, 0.6) is 0 Å². The van der Waals surface area contributed by atoms with E-state index in [9.17, 15) is 4.79 Å². The summed E-state index contributed by atoms with van der Waals surface area (Å²) in [6, 6.07) is 3.83. The normalized spacial score (nSPS) is 9.38. The standard InChI is InChI=1S/C11H13NO2S2/c1-15-8-11(14)12-7-10-5-4-9(16-10)3-2-6-13/h4-5,13H,6-8H2,1H3,(H,12,14). The van der Waals surface area contributed by atoms with E-state index in [2.05, 4.69) is 17.2 Å². The molecule has 1 rings (SSSR count). The van der Waals surface area contributed by atoms with Crippen LogP contribution in [0.4, 0.5) is 0 Å². The Labute approximate surface area is 103 Å². The van der Waals surface area contributed by atoms with Crippen molar-refractivity contribution < 1.29 is 9.90 Å². The maximum atomic E-state index is 11.2. The summed E-state index contributed by atoms with van der Waals surface area (Å²) in [6.07, 6.45) is 1.90. The lowest BCUT2D eigenvalue weighted by Gasteiger charge is -2.00. The molecule has 1 aromatic heterocycles. The zero-order valence-corrected chi connectivity index (χ0v) is 10.6. The number of aliphatic hydroxyl groups is 1. The van der Waals surface area contributed by atoms with Gasteiger partial charge < -0.3 is 10.4 Å². The molecule has 3 nitrogen and oxygen atoms in total. The Bertz CT molecular complexity index is 404. The molecule has 0 radical (unpaired) electrons. The quantitative estimate of drug-likeness (QED) is 0.791. The van der Waals surface area contributed by atoms with Crippen LogP contribution in [0.1, 0.15) is 9.75 Å². The summed E-state index contributed by atoms with van der Waals surface area (Å²) >= 11 is 3.03. The second kappa shape index (κ2) is 7.34. The molecule has 0 aliphatic heterocycles. The molecule has 0 aromatic carbocycles. The number of carbonyl (C=O) groups is 1. The van der Waals surface area contributed by atoms with Crippen LogP contribution in [-0.4, -0.2) is 29.6 Å². The maximum absolute atomic E-state index is 11.2. The van der Waals surface area contributed by atoms with Crippen molar-refractivity contribution in [1.29, 1.82) is 0 Å². The van der Waals surface area contributed by atoms with Gasteiger partial charge >= 0.3 is 0 Å². The molecule has 0 spiro atoms. The van der Waals surface area contributed by atoms with E-state index in [0.29, 0.717) is 12.3 Å². The average Bonchev–Trinajstić information content (AvgIpc) is 2.72.